The molecule has 2 aromatic rings. The summed E-state index contributed by atoms with van der Waals surface area (Å²) < 4.78 is 2.01. The first-order valence-electron chi connectivity index (χ1n) is 10.3. The lowest BCUT2D eigenvalue weighted by Gasteiger charge is -2.33. The number of carbonyl (C=O) groups is 2. The zero-order valence-corrected chi connectivity index (χ0v) is 17.0. The normalized spacial score (nSPS) is 14.9. The van der Waals surface area contributed by atoms with Crippen LogP contribution in [0.15, 0.2) is 48.7 Å². The zero-order valence-electron chi connectivity index (χ0n) is 17.0. The molecule has 1 aliphatic heterocycles. The largest absolute Gasteiger partial charge is 0.346 e. The van der Waals surface area contributed by atoms with Gasteiger partial charge in [0.25, 0.3) is 5.91 Å². The van der Waals surface area contributed by atoms with Gasteiger partial charge in [-0.1, -0.05) is 43.7 Å². The quantitative estimate of drug-likeness (QED) is 0.735. The Morgan fingerprint density at radius 1 is 1.07 bits per heavy atom. The summed E-state index contributed by atoms with van der Waals surface area (Å²) in [6.45, 7) is 4.93. The van der Waals surface area contributed by atoms with Gasteiger partial charge >= 0.3 is 0 Å². The maximum Gasteiger partial charge on any atom is 0.270 e. The van der Waals surface area contributed by atoms with E-state index in [0.29, 0.717) is 25.3 Å². The summed E-state index contributed by atoms with van der Waals surface area (Å²) in [5.74, 6) is 0.334. The number of hydrogen-bond donors (Lipinski definition) is 0. The van der Waals surface area contributed by atoms with Crippen LogP contribution in [0.5, 0.6) is 0 Å². The second-order valence-corrected chi connectivity index (χ2v) is 7.69. The lowest BCUT2D eigenvalue weighted by molar-refractivity contribution is -0.135. The van der Waals surface area contributed by atoms with Gasteiger partial charge in [-0.3, -0.25) is 9.59 Å². The molecule has 1 aromatic heterocycles. The first kappa shape index (κ1) is 20.2. The van der Waals surface area contributed by atoms with E-state index in [2.05, 4.69) is 19.1 Å². The zero-order chi connectivity index (χ0) is 19.9. The van der Waals surface area contributed by atoms with Crippen molar-refractivity contribution in [3.8, 4) is 0 Å². The van der Waals surface area contributed by atoms with Crippen molar-refractivity contribution in [2.24, 2.45) is 5.92 Å². The maximum absolute atomic E-state index is 13.0. The van der Waals surface area contributed by atoms with Gasteiger partial charge in [0.05, 0.1) is 0 Å². The number of aromatic nitrogens is 1. The van der Waals surface area contributed by atoms with Crippen molar-refractivity contribution in [1.29, 1.82) is 0 Å². The number of nitrogens with zero attached hydrogens (tertiary/aromatic N) is 3. The van der Waals surface area contributed by atoms with Gasteiger partial charge in [-0.15, -0.1) is 0 Å². The van der Waals surface area contributed by atoms with Gasteiger partial charge in [0, 0.05) is 45.3 Å². The fraction of sp³-hybridized carbons (Fsp3) is 0.478. The van der Waals surface area contributed by atoms with Crippen LogP contribution in [0.3, 0.4) is 0 Å². The summed E-state index contributed by atoms with van der Waals surface area (Å²) in [6.07, 6.45) is 5.59. The minimum absolute atomic E-state index is 0.0435. The molecule has 0 N–H and O–H groups in total. The highest BCUT2D eigenvalue weighted by Crippen LogP contribution is 2.21. The lowest BCUT2D eigenvalue weighted by atomic mass is 9.95. The monoisotopic (exact) mass is 381 g/mol. The second-order valence-electron chi connectivity index (χ2n) is 7.69. The number of benzene rings is 1. The molecule has 1 aliphatic rings. The summed E-state index contributed by atoms with van der Waals surface area (Å²) in [4.78, 5) is 29.4. The molecule has 0 bridgehead atoms. The minimum atomic E-state index is 0.0435. The van der Waals surface area contributed by atoms with Gasteiger partial charge < -0.3 is 14.4 Å². The minimum Gasteiger partial charge on any atom is -0.346 e. The molecule has 0 radical (unpaired) electrons. The topological polar surface area (TPSA) is 45.6 Å². The molecule has 0 unspecified atom stereocenters. The van der Waals surface area contributed by atoms with Crippen molar-refractivity contribution >= 4 is 11.8 Å². The third-order valence-corrected chi connectivity index (χ3v) is 5.60. The molecule has 5 nitrogen and oxygen atoms in total. The van der Waals surface area contributed by atoms with E-state index < -0.39 is 0 Å². The molecule has 0 atom stereocenters. The Hall–Kier alpha value is -2.56. The van der Waals surface area contributed by atoms with E-state index in [-0.39, 0.29) is 17.7 Å². The van der Waals surface area contributed by atoms with Crippen LogP contribution in [0.4, 0.5) is 0 Å². The molecule has 1 saturated heterocycles. The number of unbranched alkanes of at least 4 members (excludes halogenated alkanes) is 1. The van der Waals surface area contributed by atoms with Crippen molar-refractivity contribution in [1.82, 2.24) is 14.4 Å². The summed E-state index contributed by atoms with van der Waals surface area (Å²) >= 11 is 0. The van der Waals surface area contributed by atoms with Crippen LogP contribution in [0.2, 0.25) is 0 Å². The van der Waals surface area contributed by atoms with Crippen LogP contribution >= 0.6 is 0 Å². The molecule has 3 rings (SSSR count). The van der Waals surface area contributed by atoms with Gasteiger partial charge in [-0.05, 0) is 37.0 Å². The van der Waals surface area contributed by atoms with Crippen molar-refractivity contribution in [3.63, 3.8) is 0 Å². The highest BCUT2D eigenvalue weighted by Gasteiger charge is 2.30. The summed E-state index contributed by atoms with van der Waals surface area (Å²) in [5, 5.41) is 0. The average molecular weight is 382 g/mol. The third-order valence-electron chi connectivity index (χ3n) is 5.60. The van der Waals surface area contributed by atoms with Crippen molar-refractivity contribution in [3.05, 3.63) is 59.9 Å². The molecule has 1 fully saturated rings. The molecule has 2 heterocycles. The fourth-order valence-corrected chi connectivity index (χ4v) is 3.83. The Morgan fingerprint density at radius 3 is 2.46 bits per heavy atom. The van der Waals surface area contributed by atoms with E-state index in [0.717, 1.165) is 32.2 Å². The van der Waals surface area contributed by atoms with E-state index in [4.69, 9.17) is 0 Å². The van der Waals surface area contributed by atoms with Crippen LogP contribution < -0.4 is 0 Å². The molecular weight excluding hydrogens is 350 g/mol. The first-order valence-corrected chi connectivity index (χ1v) is 10.3. The van der Waals surface area contributed by atoms with Gasteiger partial charge in [0.15, 0.2) is 0 Å². The second kappa shape index (κ2) is 9.58. The molecule has 28 heavy (non-hydrogen) atoms. The number of rotatable bonds is 7. The molecule has 150 valence electrons. The van der Waals surface area contributed by atoms with E-state index >= 15 is 0 Å². The van der Waals surface area contributed by atoms with Crippen molar-refractivity contribution in [2.75, 3.05) is 26.7 Å². The average Bonchev–Trinajstić information content (AvgIpc) is 3.19. The molecule has 0 aliphatic carbocycles. The van der Waals surface area contributed by atoms with E-state index in [1.54, 1.807) is 0 Å². The predicted molar refractivity (Wildman–Crippen MR) is 111 cm³/mol. The van der Waals surface area contributed by atoms with Gasteiger partial charge in [-0.2, -0.15) is 0 Å². The molecule has 5 heteroatoms. The number of likely N-dealkylation sites (tertiary alicyclic amines) is 1. The summed E-state index contributed by atoms with van der Waals surface area (Å²) in [6, 6.07) is 14.0. The Balaban J connectivity index is 1.57. The van der Waals surface area contributed by atoms with E-state index in [1.807, 2.05) is 57.9 Å². The lowest BCUT2D eigenvalue weighted by Crippen LogP contribution is -2.44. The Labute approximate surface area is 167 Å². The Bertz CT molecular complexity index is 776. The first-order chi connectivity index (χ1) is 13.6. The molecule has 0 saturated carbocycles. The van der Waals surface area contributed by atoms with Gasteiger partial charge in [0.2, 0.25) is 5.91 Å². The number of piperidine rings is 1. The van der Waals surface area contributed by atoms with Gasteiger partial charge in [0.1, 0.15) is 5.69 Å². The van der Waals surface area contributed by atoms with Crippen molar-refractivity contribution < 1.29 is 9.59 Å². The SMILES string of the molecule is CCCCN(C)C(=O)C1CCN(C(=O)c2cccn2Cc2ccccc2)CC1. The van der Waals surface area contributed by atoms with Crippen LogP contribution in [0.1, 0.15) is 48.7 Å². The fourth-order valence-electron chi connectivity index (χ4n) is 3.83. The smallest absolute Gasteiger partial charge is 0.270 e. The summed E-state index contributed by atoms with van der Waals surface area (Å²) in [7, 11) is 1.89. The van der Waals surface area contributed by atoms with Crippen LogP contribution in [-0.2, 0) is 11.3 Å². The van der Waals surface area contributed by atoms with Crippen LogP contribution in [0, 0.1) is 5.92 Å². The molecule has 2 amide bonds. The number of amides is 2. The Kier molecular flexibility index (Phi) is 6.90. The van der Waals surface area contributed by atoms with Gasteiger partial charge in [-0.25, -0.2) is 0 Å². The standard InChI is InChI=1S/C23H31N3O2/c1-3-4-14-24(2)22(27)20-12-16-25(17-13-20)23(28)21-11-8-15-26(21)18-19-9-6-5-7-10-19/h5-11,15,20H,3-4,12-14,16-18H2,1-2H3. The third kappa shape index (κ3) is 4.83. The maximum atomic E-state index is 13.0. The van der Waals surface area contributed by atoms with E-state index in [1.165, 1.54) is 5.56 Å². The van der Waals surface area contributed by atoms with Crippen LogP contribution in [-0.4, -0.2) is 52.9 Å². The van der Waals surface area contributed by atoms with Crippen molar-refractivity contribution in [2.45, 2.75) is 39.2 Å². The highest BCUT2D eigenvalue weighted by atomic mass is 16.2. The number of carbonyl (C=O) groups excluding carboxylic acids is 2. The predicted octanol–water partition coefficient (Wildman–Crippen LogP) is 3.65. The number of hydrogen-bond acceptors (Lipinski definition) is 2. The molecule has 1 aromatic carbocycles. The molecular formula is C23H31N3O2. The van der Waals surface area contributed by atoms with Crippen LogP contribution in [0.25, 0.3) is 0 Å². The summed E-state index contributed by atoms with van der Waals surface area (Å²) in [5.41, 5.74) is 1.89. The highest BCUT2D eigenvalue weighted by molar-refractivity contribution is 5.93. The molecule has 0 spiro atoms. The Morgan fingerprint density at radius 2 is 1.79 bits per heavy atom. The van der Waals surface area contributed by atoms with E-state index in [9.17, 15) is 9.59 Å².